The Kier molecular flexibility index (Phi) is 7.90. The number of amides is 2. The highest BCUT2D eigenvalue weighted by Gasteiger charge is 2.38. The Hall–Kier alpha value is -3.14. The van der Waals surface area contributed by atoms with E-state index in [1.165, 1.54) is 24.3 Å². The van der Waals surface area contributed by atoms with Crippen molar-refractivity contribution in [3.05, 3.63) is 57.9 Å². The first-order valence-corrected chi connectivity index (χ1v) is 12.8. The molecule has 2 amide bonds. The molecule has 1 aliphatic carbocycles. The van der Waals surface area contributed by atoms with Crippen LogP contribution in [0.25, 0.3) is 0 Å². The summed E-state index contributed by atoms with van der Waals surface area (Å²) < 4.78 is 19.2. The van der Waals surface area contributed by atoms with Gasteiger partial charge < -0.3 is 15.2 Å². The van der Waals surface area contributed by atoms with Gasteiger partial charge in [0.05, 0.1) is 0 Å². The second-order valence-corrected chi connectivity index (χ2v) is 10.2. The SMILES string of the molecule is CC(=O)NC1(c2noc(CCC(=O)Nc3ncc(Cc4ccc(C)c(F)c4)s3)n2)CCCCCC1. The highest BCUT2D eigenvalue weighted by atomic mass is 32.1. The van der Waals surface area contributed by atoms with Gasteiger partial charge in [-0.3, -0.25) is 9.59 Å². The molecule has 1 fully saturated rings. The van der Waals surface area contributed by atoms with Crippen molar-refractivity contribution in [1.29, 1.82) is 0 Å². The number of hydrogen-bond acceptors (Lipinski definition) is 7. The number of carbonyl (C=O) groups excluding carboxylic acids is 2. The predicted molar refractivity (Wildman–Crippen MR) is 131 cm³/mol. The molecular formula is C25H30FN5O3S. The molecule has 8 nitrogen and oxygen atoms in total. The van der Waals surface area contributed by atoms with Crippen LogP contribution in [0.1, 0.15) is 79.6 Å². The second-order valence-electron chi connectivity index (χ2n) is 9.13. The third-order valence-electron chi connectivity index (χ3n) is 6.25. The Morgan fingerprint density at radius 2 is 1.97 bits per heavy atom. The molecule has 1 saturated carbocycles. The summed E-state index contributed by atoms with van der Waals surface area (Å²) in [4.78, 5) is 34.0. The fourth-order valence-corrected chi connectivity index (χ4v) is 5.28. The minimum Gasteiger partial charge on any atom is -0.343 e. The molecule has 10 heteroatoms. The molecule has 186 valence electrons. The van der Waals surface area contributed by atoms with Gasteiger partial charge in [-0.2, -0.15) is 4.98 Å². The molecule has 1 aromatic carbocycles. The van der Waals surface area contributed by atoms with Gasteiger partial charge in [0.15, 0.2) is 11.0 Å². The van der Waals surface area contributed by atoms with Crippen molar-refractivity contribution in [2.75, 3.05) is 5.32 Å². The number of anilines is 1. The lowest BCUT2D eigenvalue weighted by molar-refractivity contribution is -0.121. The summed E-state index contributed by atoms with van der Waals surface area (Å²) in [6, 6.07) is 5.17. The first-order valence-electron chi connectivity index (χ1n) is 11.9. The molecule has 2 N–H and O–H groups in total. The maximum Gasteiger partial charge on any atom is 0.227 e. The lowest BCUT2D eigenvalue weighted by atomic mass is 9.89. The van der Waals surface area contributed by atoms with Crippen molar-refractivity contribution in [2.45, 2.75) is 77.2 Å². The third kappa shape index (κ3) is 6.50. The van der Waals surface area contributed by atoms with E-state index in [2.05, 4.69) is 25.8 Å². The molecule has 2 aromatic heterocycles. The van der Waals surface area contributed by atoms with E-state index in [-0.39, 0.29) is 30.5 Å². The van der Waals surface area contributed by atoms with Crippen LogP contribution in [0.3, 0.4) is 0 Å². The van der Waals surface area contributed by atoms with Crippen molar-refractivity contribution in [1.82, 2.24) is 20.4 Å². The normalized spacial score (nSPS) is 15.4. The zero-order valence-electron chi connectivity index (χ0n) is 20.0. The van der Waals surface area contributed by atoms with Gasteiger partial charge in [0, 0.05) is 37.3 Å². The Balaban J connectivity index is 1.32. The topological polar surface area (TPSA) is 110 Å². The molecule has 0 radical (unpaired) electrons. The van der Waals surface area contributed by atoms with Crippen LogP contribution in [-0.2, 0) is 28.0 Å². The van der Waals surface area contributed by atoms with E-state index in [1.54, 1.807) is 19.2 Å². The smallest absolute Gasteiger partial charge is 0.227 e. The van der Waals surface area contributed by atoms with E-state index in [1.807, 2.05) is 6.07 Å². The van der Waals surface area contributed by atoms with E-state index in [0.29, 0.717) is 28.8 Å². The number of carbonyl (C=O) groups is 2. The molecule has 1 aliphatic rings. The van der Waals surface area contributed by atoms with Crippen molar-refractivity contribution in [2.24, 2.45) is 0 Å². The molecule has 3 aromatic rings. The van der Waals surface area contributed by atoms with Crippen LogP contribution < -0.4 is 10.6 Å². The maximum absolute atomic E-state index is 13.8. The molecule has 0 saturated heterocycles. The summed E-state index contributed by atoms with van der Waals surface area (Å²) >= 11 is 1.36. The van der Waals surface area contributed by atoms with E-state index in [9.17, 15) is 14.0 Å². The Morgan fingerprint density at radius 1 is 1.20 bits per heavy atom. The van der Waals surface area contributed by atoms with Crippen LogP contribution in [0.2, 0.25) is 0 Å². The van der Waals surface area contributed by atoms with Crippen molar-refractivity contribution in [3.8, 4) is 0 Å². The summed E-state index contributed by atoms with van der Waals surface area (Å²) in [5.41, 5.74) is 0.857. The van der Waals surface area contributed by atoms with Crippen LogP contribution in [0.15, 0.2) is 28.9 Å². The molecule has 0 spiro atoms. The molecule has 0 unspecified atom stereocenters. The summed E-state index contributed by atoms with van der Waals surface area (Å²) in [6.07, 6.45) is 8.44. The van der Waals surface area contributed by atoms with Gasteiger partial charge in [0.2, 0.25) is 17.7 Å². The monoisotopic (exact) mass is 499 g/mol. The Labute approximate surface area is 207 Å². The van der Waals surface area contributed by atoms with Gasteiger partial charge in [-0.25, -0.2) is 9.37 Å². The van der Waals surface area contributed by atoms with Crippen LogP contribution in [0.5, 0.6) is 0 Å². The Bertz CT molecular complexity index is 1180. The van der Waals surface area contributed by atoms with E-state index >= 15 is 0 Å². The molecule has 4 rings (SSSR count). The van der Waals surface area contributed by atoms with E-state index in [4.69, 9.17) is 4.52 Å². The average Bonchev–Trinajstić information content (AvgIpc) is 3.40. The van der Waals surface area contributed by atoms with E-state index < -0.39 is 5.54 Å². The summed E-state index contributed by atoms with van der Waals surface area (Å²) in [5.74, 6) is 0.297. The number of aryl methyl sites for hydroxylation is 2. The van der Waals surface area contributed by atoms with Crippen LogP contribution >= 0.6 is 11.3 Å². The van der Waals surface area contributed by atoms with Gasteiger partial charge in [0.25, 0.3) is 0 Å². The van der Waals surface area contributed by atoms with Crippen molar-refractivity contribution < 1.29 is 18.5 Å². The van der Waals surface area contributed by atoms with Crippen LogP contribution in [0, 0.1) is 12.7 Å². The number of halogens is 1. The van der Waals surface area contributed by atoms with Crippen LogP contribution in [-0.4, -0.2) is 26.9 Å². The number of hydrogen-bond donors (Lipinski definition) is 2. The standard InChI is InChI=1S/C25H30FN5O3S/c1-16-7-8-18(14-20(16)26)13-19-15-27-24(35-19)28-21(33)9-10-22-29-23(31-34-22)25(30-17(2)32)11-5-3-4-6-12-25/h7-8,14-15H,3-6,9-13H2,1-2H3,(H,30,32)(H,27,28,33). The summed E-state index contributed by atoms with van der Waals surface area (Å²) in [7, 11) is 0. The highest BCUT2D eigenvalue weighted by Crippen LogP contribution is 2.34. The number of nitrogens with zero attached hydrogens (tertiary/aromatic N) is 3. The minimum absolute atomic E-state index is 0.118. The fourth-order valence-electron chi connectivity index (χ4n) is 4.42. The van der Waals surface area contributed by atoms with E-state index in [0.717, 1.165) is 49.0 Å². The lowest BCUT2D eigenvalue weighted by Gasteiger charge is -2.30. The highest BCUT2D eigenvalue weighted by molar-refractivity contribution is 7.15. The number of nitrogens with one attached hydrogen (secondary N) is 2. The summed E-state index contributed by atoms with van der Waals surface area (Å²) in [6.45, 7) is 3.23. The Morgan fingerprint density at radius 3 is 2.69 bits per heavy atom. The molecule has 0 aliphatic heterocycles. The van der Waals surface area contributed by atoms with Gasteiger partial charge in [-0.1, -0.05) is 43.0 Å². The maximum atomic E-state index is 13.8. The molecule has 0 atom stereocenters. The summed E-state index contributed by atoms with van der Waals surface area (Å²) in [5, 5.41) is 10.5. The van der Waals surface area contributed by atoms with Crippen molar-refractivity contribution in [3.63, 3.8) is 0 Å². The van der Waals surface area contributed by atoms with Crippen molar-refractivity contribution >= 4 is 28.3 Å². The lowest BCUT2D eigenvalue weighted by Crippen LogP contribution is -2.45. The zero-order valence-corrected chi connectivity index (χ0v) is 20.8. The minimum atomic E-state index is -0.607. The van der Waals surface area contributed by atoms with Gasteiger partial charge in [-0.05, 0) is 37.0 Å². The third-order valence-corrected chi connectivity index (χ3v) is 7.16. The number of rotatable bonds is 8. The largest absolute Gasteiger partial charge is 0.343 e. The quantitative estimate of drug-likeness (QED) is 0.430. The molecule has 35 heavy (non-hydrogen) atoms. The predicted octanol–water partition coefficient (Wildman–Crippen LogP) is 4.82. The molecular weight excluding hydrogens is 469 g/mol. The average molecular weight is 500 g/mol. The number of aromatic nitrogens is 3. The first kappa shape index (κ1) is 25.0. The van der Waals surface area contributed by atoms with Gasteiger partial charge in [0.1, 0.15) is 11.4 Å². The van der Waals surface area contributed by atoms with Crippen LogP contribution in [0.4, 0.5) is 9.52 Å². The molecule has 2 heterocycles. The van der Waals surface area contributed by atoms with Gasteiger partial charge >= 0.3 is 0 Å². The number of thiazole rings is 1. The molecule has 0 bridgehead atoms. The number of benzene rings is 1. The first-order chi connectivity index (χ1) is 16.8. The fraction of sp³-hybridized carbons (Fsp3) is 0.480. The second kappa shape index (κ2) is 11.1. The zero-order chi connectivity index (χ0) is 24.8. The van der Waals surface area contributed by atoms with Gasteiger partial charge in [-0.15, -0.1) is 11.3 Å².